The average Bonchev–Trinajstić information content (AvgIpc) is 2.92. The van der Waals surface area contributed by atoms with E-state index in [2.05, 4.69) is 10.1 Å². The maximum Gasteiger partial charge on any atom is 0.260 e. The van der Waals surface area contributed by atoms with Gasteiger partial charge in [0.15, 0.2) is 11.5 Å². The predicted molar refractivity (Wildman–Crippen MR) is 102 cm³/mol. The summed E-state index contributed by atoms with van der Waals surface area (Å²) >= 11 is 0. The number of carbonyl (C=O) groups is 1. The third kappa shape index (κ3) is 3.52. The van der Waals surface area contributed by atoms with Gasteiger partial charge in [-0.1, -0.05) is 6.07 Å². The Morgan fingerprint density at radius 1 is 1.27 bits per heavy atom. The Hall–Kier alpha value is -2.93. The molecule has 7 nitrogen and oxygen atoms in total. The van der Waals surface area contributed by atoms with Crippen molar-refractivity contribution < 1.29 is 9.53 Å². The molecule has 26 heavy (non-hydrogen) atoms. The van der Waals surface area contributed by atoms with E-state index in [1.807, 2.05) is 49.5 Å². The first-order chi connectivity index (χ1) is 12.4. The van der Waals surface area contributed by atoms with Crippen LogP contribution in [0.2, 0.25) is 0 Å². The van der Waals surface area contributed by atoms with Crippen LogP contribution in [0.3, 0.4) is 0 Å². The Bertz CT molecular complexity index is 950. The molecule has 2 aromatic heterocycles. The lowest BCUT2D eigenvalue weighted by Gasteiger charge is -2.10. The van der Waals surface area contributed by atoms with Gasteiger partial charge in [-0.15, -0.1) is 5.10 Å². The highest BCUT2D eigenvalue weighted by molar-refractivity contribution is 6.20. The van der Waals surface area contributed by atoms with Crippen LogP contribution in [0.1, 0.15) is 11.3 Å². The first-order valence-corrected chi connectivity index (χ1v) is 8.41. The zero-order chi connectivity index (χ0) is 18.8. The molecule has 0 bridgehead atoms. The third-order valence-corrected chi connectivity index (χ3v) is 4.25. The summed E-state index contributed by atoms with van der Waals surface area (Å²) in [7, 11) is 3.97. The van der Waals surface area contributed by atoms with Crippen LogP contribution in [-0.4, -0.2) is 53.3 Å². The second kappa shape index (κ2) is 7.13. The molecule has 2 aromatic rings. The number of carbonyl (C=O) groups excluding carboxylic acids is 1. The van der Waals surface area contributed by atoms with Gasteiger partial charge in [-0.2, -0.15) is 0 Å². The summed E-state index contributed by atoms with van der Waals surface area (Å²) in [5.74, 6) is 0.307. The fourth-order valence-electron chi connectivity index (χ4n) is 2.58. The Kier molecular flexibility index (Phi) is 4.90. The third-order valence-electron chi connectivity index (χ3n) is 4.25. The molecule has 1 aliphatic carbocycles. The van der Waals surface area contributed by atoms with Gasteiger partial charge in [0.1, 0.15) is 6.61 Å². The lowest BCUT2D eigenvalue weighted by Crippen LogP contribution is -2.19. The van der Waals surface area contributed by atoms with Crippen molar-refractivity contribution in [3.05, 3.63) is 47.3 Å². The van der Waals surface area contributed by atoms with E-state index in [0.717, 1.165) is 23.3 Å². The molecule has 0 aliphatic heterocycles. The Labute approximate surface area is 152 Å². The van der Waals surface area contributed by atoms with Crippen molar-refractivity contribution in [2.45, 2.75) is 13.8 Å². The van der Waals surface area contributed by atoms with E-state index in [1.165, 1.54) is 12.2 Å². The Balaban J connectivity index is 2.09. The number of aliphatic imine (C=N–C) groups is 1. The van der Waals surface area contributed by atoms with Crippen molar-refractivity contribution >= 4 is 22.7 Å². The van der Waals surface area contributed by atoms with Crippen molar-refractivity contribution in [1.82, 2.24) is 14.5 Å². The number of pyridine rings is 1. The van der Waals surface area contributed by atoms with E-state index in [0.29, 0.717) is 29.6 Å². The van der Waals surface area contributed by atoms with Crippen LogP contribution in [0.4, 0.5) is 5.69 Å². The molecule has 0 radical (unpaired) electrons. The smallest absolute Gasteiger partial charge is 0.260 e. The summed E-state index contributed by atoms with van der Waals surface area (Å²) in [5, 5.41) is 4.59. The Morgan fingerprint density at radius 3 is 2.73 bits per heavy atom. The summed E-state index contributed by atoms with van der Waals surface area (Å²) in [5.41, 5.74) is 10.4. The van der Waals surface area contributed by atoms with Gasteiger partial charge in [-0.3, -0.25) is 4.79 Å². The van der Waals surface area contributed by atoms with Crippen LogP contribution < -0.4 is 10.5 Å². The number of nitrogens with zero attached hydrogens (tertiary/aromatic N) is 4. The maximum atomic E-state index is 11.4. The van der Waals surface area contributed by atoms with E-state index < -0.39 is 0 Å². The van der Waals surface area contributed by atoms with E-state index in [4.69, 9.17) is 10.5 Å². The molecule has 0 spiro atoms. The summed E-state index contributed by atoms with van der Waals surface area (Å²) < 4.78 is 7.72. The van der Waals surface area contributed by atoms with Crippen LogP contribution in [0.15, 0.2) is 41.1 Å². The van der Waals surface area contributed by atoms with Gasteiger partial charge in [0.05, 0.1) is 16.9 Å². The molecule has 0 unspecified atom stereocenters. The van der Waals surface area contributed by atoms with Gasteiger partial charge in [0.2, 0.25) is 0 Å². The summed E-state index contributed by atoms with van der Waals surface area (Å²) in [4.78, 5) is 18.1. The molecule has 136 valence electrons. The first kappa shape index (κ1) is 17.9. The largest absolute Gasteiger partial charge is 0.474 e. The molecular formula is C19H23N5O2. The fraction of sp³-hybridized carbons (Fsp3) is 0.316. The highest BCUT2D eigenvalue weighted by Gasteiger charge is 2.18. The summed E-state index contributed by atoms with van der Waals surface area (Å²) in [6.07, 6.45) is 4.43. The molecule has 3 rings (SSSR count). The fourth-order valence-corrected chi connectivity index (χ4v) is 2.58. The molecular weight excluding hydrogens is 330 g/mol. The van der Waals surface area contributed by atoms with Gasteiger partial charge >= 0.3 is 0 Å². The highest BCUT2D eigenvalue weighted by atomic mass is 16.5. The minimum Gasteiger partial charge on any atom is -0.474 e. The standard InChI is InChI=1S/C19H23N5O2/c1-12-5-8-17-18(21-16-7-6-14(25)11-15(16)20)19(22-24(17)13(12)2)26-10-9-23(3)4/h5-8,11H,9-10,20H2,1-4H3/b21-16+. The second-order valence-corrected chi connectivity index (χ2v) is 6.54. The molecule has 7 heteroatoms. The number of hydrogen-bond donors (Lipinski definition) is 1. The average molecular weight is 353 g/mol. The highest BCUT2D eigenvalue weighted by Crippen LogP contribution is 2.34. The monoisotopic (exact) mass is 353 g/mol. The molecule has 1 aliphatic rings. The van der Waals surface area contributed by atoms with Crippen LogP contribution >= 0.6 is 0 Å². The maximum absolute atomic E-state index is 11.4. The molecule has 0 fully saturated rings. The van der Waals surface area contributed by atoms with Gasteiger partial charge in [0, 0.05) is 18.3 Å². The molecule has 2 heterocycles. The lowest BCUT2D eigenvalue weighted by atomic mass is 10.1. The van der Waals surface area contributed by atoms with E-state index in [-0.39, 0.29) is 5.78 Å². The lowest BCUT2D eigenvalue weighted by molar-refractivity contribution is -0.110. The molecule has 0 aromatic carbocycles. The van der Waals surface area contributed by atoms with E-state index in [1.54, 1.807) is 6.08 Å². The van der Waals surface area contributed by atoms with Crippen molar-refractivity contribution in [3.8, 4) is 5.88 Å². The van der Waals surface area contributed by atoms with Gasteiger partial charge in [-0.05, 0) is 51.7 Å². The van der Waals surface area contributed by atoms with E-state index >= 15 is 0 Å². The topological polar surface area (TPSA) is 85.2 Å². The van der Waals surface area contributed by atoms with Crippen molar-refractivity contribution in [2.24, 2.45) is 10.7 Å². The zero-order valence-electron chi connectivity index (χ0n) is 15.5. The van der Waals surface area contributed by atoms with Crippen LogP contribution in [0.5, 0.6) is 5.88 Å². The predicted octanol–water partition coefficient (Wildman–Crippen LogP) is 1.95. The molecule has 2 N–H and O–H groups in total. The zero-order valence-corrected chi connectivity index (χ0v) is 15.5. The van der Waals surface area contributed by atoms with Crippen molar-refractivity contribution in [2.75, 3.05) is 27.2 Å². The van der Waals surface area contributed by atoms with Gasteiger partial charge in [-0.25, -0.2) is 9.51 Å². The number of hydrogen-bond acceptors (Lipinski definition) is 6. The quantitative estimate of drug-likeness (QED) is 0.831. The van der Waals surface area contributed by atoms with Crippen molar-refractivity contribution in [3.63, 3.8) is 0 Å². The molecule has 0 amide bonds. The SMILES string of the molecule is Cc1ccc2c(/N=C3\C=CC(=O)C=C3N)c(OCCN(C)C)nn2c1C. The number of nitrogens with two attached hydrogens (primary N) is 1. The summed E-state index contributed by atoms with van der Waals surface area (Å²) in [6, 6.07) is 3.99. The first-order valence-electron chi connectivity index (χ1n) is 8.41. The number of ketones is 1. The number of aromatic nitrogens is 2. The number of rotatable bonds is 5. The van der Waals surface area contributed by atoms with Crippen LogP contribution in [0.25, 0.3) is 5.52 Å². The van der Waals surface area contributed by atoms with E-state index in [9.17, 15) is 4.79 Å². The number of allylic oxidation sites excluding steroid dienone is 3. The number of fused-ring (bicyclic) bond motifs is 1. The second-order valence-electron chi connectivity index (χ2n) is 6.54. The molecule has 0 saturated carbocycles. The molecule has 0 saturated heterocycles. The minimum absolute atomic E-state index is 0.143. The minimum atomic E-state index is -0.143. The van der Waals surface area contributed by atoms with Gasteiger partial charge in [0.25, 0.3) is 5.88 Å². The number of likely N-dealkylation sites (N-methyl/N-ethyl adjacent to an activating group) is 1. The van der Waals surface area contributed by atoms with Crippen LogP contribution in [-0.2, 0) is 4.79 Å². The van der Waals surface area contributed by atoms with Crippen molar-refractivity contribution in [1.29, 1.82) is 0 Å². The molecule has 0 atom stereocenters. The van der Waals surface area contributed by atoms with Gasteiger partial charge < -0.3 is 15.4 Å². The normalized spacial score (nSPS) is 16.0. The summed E-state index contributed by atoms with van der Waals surface area (Å²) in [6.45, 7) is 5.29. The number of ether oxygens (including phenoxy) is 1. The Morgan fingerprint density at radius 2 is 2.04 bits per heavy atom. The number of aryl methyl sites for hydroxylation is 2. The van der Waals surface area contributed by atoms with Crippen LogP contribution in [0, 0.1) is 13.8 Å².